The van der Waals surface area contributed by atoms with E-state index >= 15 is 0 Å². The number of hydrogen-bond acceptors (Lipinski definition) is 6. The lowest BCUT2D eigenvalue weighted by atomic mass is 10.1. The second kappa shape index (κ2) is 6.07. The quantitative estimate of drug-likeness (QED) is 0.743. The van der Waals surface area contributed by atoms with Crippen molar-refractivity contribution in [3.05, 3.63) is 18.3 Å². The molecule has 1 fully saturated rings. The normalized spacial score (nSPS) is 18.6. The van der Waals surface area contributed by atoms with Crippen LogP contribution in [0.3, 0.4) is 0 Å². The van der Waals surface area contributed by atoms with Gasteiger partial charge in [0.2, 0.25) is 10.0 Å². The van der Waals surface area contributed by atoms with E-state index in [1.54, 1.807) is 0 Å². The molecule has 0 aliphatic carbocycles. The van der Waals surface area contributed by atoms with Crippen LogP contribution in [0.4, 0.5) is 0 Å². The maximum atomic E-state index is 11.4. The summed E-state index contributed by atoms with van der Waals surface area (Å²) < 4.78 is 52.0. The van der Waals surface area contributed by atoms with E-state index in [0.29, 0.717) is 31.7 Å². The van der Waals surface area contributed by atoms with Crippen molar-refractivity contribution in [2.75, 3.05) is 19.3 Å². The molecule has 1 saturated heterocycles. The molecule has 0 atom stereocenters. The number of hydrogen-bond donors (Lipinski definition) is 0. The van der Waals surface area contributed by atoms with Gasteiger partial charge in [0.25, 0.3) is 9.05 Å². The van der Waals surface area contributed by atoms with Gasteiger partial charge in [0.05, 0.1) is 12.5 Å². The SMILES string of the molecule is CS(=O)(=O)N1CCC(Oc2ccc(S(=O)(=O)Cl)nc2)CC1. The average molecular weight is 355 g/mol. The van der Waals surface area contributed by atoms with Crippen LogP contribution >= 0.6 is 10.7 Å². The largest absolute Gasteiger partial charge is 0.489 e. The summed E-state index contributed by atoms with van der Waals surface area (Å²) in [4.78, 5) is 3.72. The Balaban J connectivity index is 1.95. The summed E-state index contributed by atoms with van der Waals surface area (Å²) in [5.74, 6) is 0.428. The van der Waals surface area contributed by atoms with Crippen LogP contribution in [0.5, 0.6) is 5.75 Å². The number of halogens is 1. The van der Waals surface area contributed by atoms with Gasteiger partial charge in [-0.25, -0.2) is 26.1 Å². The molecule has 21 heavy (non-hydrogen) atoms. The summed E-state index contributed by atoms with van der Waals surface area (Å²) >= 11 is 0. The Morgan fingerprint density at radius 1 is 1.24 bits per heavy atom. The first kappa shape index (κ1) is 16.5. The fourth-order valence-electron chi connectivity index (χ4n) is 2.05. The van der Waals surface area contributed by atoms with Gasteiger partial charge in [-0.05, 0) is 25.0 Å². The van der Waals surface area contributed by atoms with Gasteiger partial charge in [-0.1, -0.05) is 0 Å². The van der Waals surface area contributed by atoms with Gasteiger partial charge in [0, 0.05) is 23.8 Å². The van der Waals surface area contributed by atoms with Crippen LogP contribution in [0.1, 0.15) is 12.8 Å². The van der Waals surface area contributed by atoms with Gasteiger partial charge in [-0.3, -0.25) is 0 Å². The number of nitrogens with zero attached hydrogens (tertiary/aromatic N) is 2. The van der Waals surface area contributed by atoms with E-state index in [1.165, 1.54) is 28.9 Å². The van der Waals surface area contributed by atoms with E-state index in [-0.39, 0.29) is 11.1 Å². The molecule has 0 amide bonds. The number of aromatic nitrogens is 1. The summed E-state index contributed by atoms with van der Waals surface area (Å²) in [7, 11) is -1.84. The Hall–Kier alpha value is -0.900. The number of piperidine rings is 1. The van der Waals surface area contributed by atoms with Crippen molar-refractivity contribution in [3.8, 4) is 5.75 Å². The Morgan fingerprint density at radius 3 is 2.29 bits per heavy atom. The van der Waals surface area contributed by atoms with E-state index in [9.17, 15) is 16.8 Å². The average Bonchev–Trinajstić information content (AvgIpc) is 2.38. The molecule has 1 aliphatic rings. The van der Waals surface area contributed by atoms with E-state index < -0.39 is 19.1 Å². The van der Waals surface area contributed by atoms with Gasteiger partial charge < -0.3 is 4.74 Å². The lowest BCUT2D eigenvalue weighted by Crippen LogP contribution is -2.41. The highest BCUT2D eigenvalue weighted by atomic mass is 35.7. The van der Waals surface area contributed by atoms with E-state index in [1.807, 2.05) is 0 Å². The first-order chi connectivity index (χ1) is 9.66. The zero-order valence-corrected chi connectivity index (χ0v) is 13.7. The first-order valence-electron chi connectivity index (χ1n) is 6.19. The summed E-state index contributed by atoms with van der Waals surface area (Å²) in [6.45, 7) is 0.816. The molecule has 1 aromatic rings. The second-order valence-corrected chi connectivity index (χ2v) is 9.24. The van der Waals surface area contributed by atoms with Gasteiger partial charge in [0.1, 0.15) is 11.9 Å². The van der Waals surface area contributed by atoms with Crippen LogP contribution in [0.2, 0.25) is 0 Å². The molecular weight excluding hydrogens is 340 g/mol. The smallest absolute Gasteiger partial charge is 0.278 e. The molecule has 0 bridgehead atoms. The van der Waals surface area contributed by atoms with Crippen molar-refractivity contribution in [2.45, 2.75) is 24.0 Å². The van der Waals surface area contributed by atoms with Gasteiger partial charge in [-0.2, -0.15) is 0 Å². The van der Waals surface area contributed by atoms with Gasteiger partial charge >= 0.3 is 0 Å². The maximum Gasteiger partial charge on any atom is 0.278 e. The molecule has 0 N–H and O–H groups in total. The minimum absolute atomic E-state index is 0.122. The van der Waals surface area contributed by atoms with Crippen LogP contribution in [0.15, 0.2) is 23.4 Å². The molecule has 0 aromatic carbocycles. The van der Waals surface area contributed by atoms with Gasteiger partial charge in [-0.15, -0.1) is 0 Å². The highest BCUT2D eigenvalue weighted by molar-refractivity contribution is 8.13. The van der Waals surface area contributed by atoms with Crippen LogP contribution in [-0.4, -0.2) is 51.6 Å². The van der Waals surface area contributed by atoms with E-state index in [4.69, 9.17) is 15.4 Å². The summed E-state index contributed by atoms with van der Waals surface area (Å²) in [5, 5.41) is -0.233. The third-order valence-electron chi connectivity index (χ3n) is 3.13. The van der Waals surface area contributed by atoms with Crippen molar-refractivity contribution in [3.63, 3.8) is 0 Å². The monoisotopic (exact) mass is 354 g/mol. The molecule has 2 heterocycles. The van der Waals surface area contributed by atoms with Crippen molar-refractivity contribution in [2.24, 2.45) is 0 Å². The molecule has 10 heteroatoms. The summed E-state index contributed by atoms with van der Waals surface area (Å²) in [6, 6.07) is 2.74. The fraction of sp³-hybridized carbons (Fsp3) is 0.545. The predicted octanol–water partition coefficient (Wildman–Crippen LogP) is 0.812. The van der Waals surface area contributed by atoms with Crippen molar-refractivity contribution in [1.29, 1.82) is 0 Å². The van der Waals surface area contributed by atoms with Crippen LogP contribution in [-0.2, 0) is 19.1 Å². The third-order valence-corrected chi connectivity index (χ3v) is 5.65. The van der Waals surface area contributed by atoms with Gasteiger partial charge in [0.15, 0.2) is 5.03 Å². The highest BCUT2D eigenvalue weighted by Crippen LogP contribution is 2.21. The number of pyridine rings is 1. The molecule has 0 saturated carbocycles. The lowest BCUT2D eigenvalue weighted by molar-refractivity contribution is 0.135. The minimum Gasteiger partial charge on any atom is -0.489 e. The molecule has 1 aromatic heterocycles. The summed E-state index contributed by atoms with van der Waals surface area (Å²) in [5.41, 5.74) is 0. The Labute approximate surface area is 128 Å². The molecule has 0 spiro atoms. The maximum absolute atomic E-state index is 11.4. The topological polar surface area (TPSA) is 93.6 Å². The molecule has 118 valence electrons. The van der Waals surface area contributed by atoms with E-state index in [2.05, 4.69) is 4.98 Å². The zero-order chi connectivity index (χ0) is 15.7. The molecular formula is C11H15ClN2O5S2. The van der Waals surface area contributed by atoms with Crippen molar-refractivity contribution < 1.29 is 21.6 Å². The minimum atomic E-state index is -3.84. The summed E-state index contributed by atoms with van der Waals surface area (Å²) in [6.07, 6.45) is 3.50. The van der Waals surface area contributed by atoms with Crippen LogP contribution in [0.25, 0.3) is 0 Å². The second-order valence-electron chi connectivity index (χ2n) is 4.75. The lowest BCUT2D eigenvalue weighted by Gasteiger charge is -2.30. The fourth-order valence-corrected chi connectivity index (χ4v) is 3.61. The van der Waals surface area contributed by atoms with Crippen LogP contribution < -0.4 is 4.74 Å². The zero-order valence-electron chi connectivity index (χ0n) is 11.3. The first-order valence-corrected chi connectivity index (χ1v) is 10.3. The molecule has 0 radical (unpaired) electrons. The van der Waals surface area contributed by atoms with Crippen LogP contribution in [0, 0.1) is 0 Å². The number of ether oxygens (including phenoxy) is 1. The third kappa shape index (κ3) is 4.53. The predicted molar refractivity (Wildman–Crippen MR) is 77.3 cm³/mol. The molecule has 0 unspecified atom stereocenters. The Morgan fingerprint density at radius 2 is 1.86 bits per heavy atom. The van der Waals surface area contributed by atoms with Crippen molar-refractivity contribution in [1.82, 2.24) is 9.29 Å². The van der Waals surface area contributed by atoms with E-state index in [0.717, 1.165) is 0 Å². The Bertz CT molecular complexity index is 695. The Kier molecular flexibility index (Phi) is 4.76. The molecule has 1 aliphatic heterocycles. The molecule has 7 nitrogen and oxygen atoms in total. The molecule has 2 rings (SSSR count). The highest BCUT2D eigenvalue weighted by Gasteiger charge is 2.26. The number of rotatable bonds is 4. The number of sulfonamides is 1. The van der Waals surface area contributed by atoms with Crippen molar-refractivity contribution >= 4 is 29.8 Å². The standard InChI is InChI=1S/C11H15ClN2O5S2/c1-20(15,16)14-6-4-9(5-7-14)19-10-2-3-11(13-8-10)21(12,17)18/h2-3,8-9H,4-7H2,1H3.